The largest absolute Gasteiger partial charge is 0.471 e. The number of nitrogens with zero attached hydrogens (tertiary/aromatic N) is 5. The predicted octanol–water partition coefficient (Wildman–Crippen LogP) is 3.73. The molecular weight excluding hydrogens is 411 g/mol. The van der Waals surface area contributed by atoms with E-state index in [0.717, 1.165) is 11.1 Å². The Labute approximate surface area is 176 Å². The van der Waals surface area contributed by atoms with Gasteiger partial charge >= 0.3 is 12.1 Å². The van der Waals surface area contributed by atoms with Crippen molar-refractivity contribution >= 4 is 11.7 Å². The van der Waals surface area contributed by atoms with E-state index in [1.807, 2.05) is 41.8 Å². The van der Waals surface area contributed by atoms with Gasteiger partial charge in [0.2, 0.25) is 5.82 Å². The number of pyridine rings is 1. The number of aromatic nitrogens is 3. The highest BCUT2D eigenvalue weighted by molar-refractivity contribution is 5.94. The second-order valence-electron chi connectivity index (χ2n) is 7.40. The number of piperazine rings is 1. The molecule has 0 unspecified atom stereocenters. The van der Waals surface area contributed by atoms with Crippen LogP contribution in [0.1, 0.15) is 27.4 Å². The van der Waals surface area contributed by atoms with Crippen LogP contribution in [-0.4, -0.2) is 52.1 Å². The lowest BCUT2D eigenvalue weighted by molar-refractivity contribution is -0.159. The van der Waals surface area contributed by atoms with Crippen molar-refractivity contribution in [1.82, 2.24) is 20.0 Å². The first-order chi connectivity index (χ1) is 14.7. The van der Waals surface area contributed by atoms with Gasteiger partial charge in [0, 0.05) is 43.5 Å². The lowest BCUT2D eigenvalue weighted by atomic mass is 10.1. The lowest BCUT2D eigenvalue weighted by Crippen LogP contribution is -2.49. The third-order valence-corrected chi connectivity index (χ3v) is 5.32. The molecule has 0 saturated carbocycles. The Kier molecular flexibility index (Phi) is 5.38. The first-order valence-corrected chi connectivity index (χ1v) is 9.71. The molecule has 4 rings (SSSR count). The minimum absolute atomic E-state index is 0.00336. The quantitative estimate of drug-likeness (QED) is 0.629. The van der Waals surface area contributed by atoms with Crippen molar-refractivity contribution in [2.75, 3.05) is 31.1 Å². The summed E-state index contributed by atoms with van der Waals surface area (Å²) in [5, 5.41) is 3.36. The Bertz CT molecular complexity index is 1090. The molecule has 10 heteroatoms. The standard InChI is InChI=1S/C21H20F3N5O2/c1-13-3-4-15(11-14(13)2)19(30)29-9-7-28(8-10-29)17-6-5-16(12-25-17)18-26-20(31-27-18)21(22,23)24/h3-6,11-12H,7-10H2,1-2H3. The fourth-order valence-corrected chi connectivity index (χ4v) is 3.36. The first-order valence-electron chi connectivity index (χ1n) is 9.71. The van der Waals surface area contributed by atoms with E-state index in [9.17, 15) is 18.0 Å². The van der Waals surface area contributed by atoms with Crippen molar-refractivity contribution in [2.24, 2.45) is 0 Å². The molecule has 1 aliphatic heterocycles. The normalized spacial score (nSPS) is 14.7. The van der Waals surface area contributed by atoms with E-state index < -0.39 is 12.1 Å². The van der Waals surface area contributed by atoms with Gasteiger partial charge in [-0.15, -0.1) is 0 Å². The molecule has 0 N–H and O–H groups in total. The number of anilines is 1. The molecule has 1 saturated heterocycles. The zero-order valence-electron chi connectivity index (χ0n) is 17.0. The number of benzene rings is 1. The van der Waals surface area contributed by atoms with E-state index in [4.69, 9.17) is 0 Å². The summed E-state index contributed by atoms with van der Waals surface area (Å²) >= 11 is 0. The molecule has 1 aromatic carbocycles. The molecule has 0 bridgehead atoms. The molecule has 7 nitrogen and oxygen atoms in total. The molecule has 1 fully saturated rings. The SMILES string of the molecule is Cc1ccc(C(=O)N2CCN(c3ccc(-c4noc(C(F)(F)F)n4)cn3)CC2)cc1C. The topological polar surface area (TPSA) is 75.4 Å². The van der Waals surface area contributed by atoms with E-state index in [2.05, 4.69) is 19.6 Å². The molecule has 0 radical (unpaired) electrons. The zero-order chi connectivity index (χ0) is 22.2. The third kappa shape index (κ3) is 4.37. The Morgan fingerprint density at radius 2 is 1.77 bits per heavy atom. The molecule has 0 aliphatic carbocycles. The average Bonchev–Trinajstić information content (AvgIpc) is 3.26. The van der Waals surface area contributed by atoms with Crippen molar-refractivity contribution in [1.29, 1.82) is 0 Å². The summed E-state index contributed by atoms with van der Waals surface area (Å²) in [6.07, 6.45) is -3.28. The number of rotatable bonds is 3. The minimum Gasteiger partial charge on any atom is -0.353 e. The van der Waals surface area contributed by atoms with E-state index in [1.54, 1.807) is 12.1 Å². The summed E-state index contributed by atoms with van der Waals surface area (Å²) in [6.45, 7) is 6.29. The zero-order valence-corrected chi connectivity index (χ0v) is 17.0. The van der Waals surface area contributed by atoms with Gasteiger partial charge in [0.15, 0.2) is 0 Å². The van der Waals surface area contributed by atoms with Gasteiger partial charge in [-0.05, 0) is 49.2 Å². The van der Waals surface area contributed by atoms with Crippen LogP contribution in [0.15, 0.2) is 41.1 Å². The summed E-state index contributed by atoms with van der Waals surface area (Å²) in [5.41, 5.74) is 3.23. The van der Waals surface area contributed by atoms with Gasteiger partial charge in [-0.3, -0.25) is 4.79 Å². The Morgan fingerprint density at radius 1 is 1.03 bits per heavy atom. The fraction of sp³-hybridized carbons (Fsp3) is 0.333. The number of amides is 1. The van der Waals surface area contributed by atoms with Gasteiger partial charge in [-0.2, -0.15) is 18.2 Å². The number of aryl methyl sites for hydroxylation is 2. The van der Waals surface area contributed by atoms with Crippen molar-refractivity contribution in [3.63, 3.8) is 0 Å². The van der Waals surface area contributed by atoms with E-state index in [-0.39, 0.29) is 11.7 Å². The molecule has 0 atom stereocenters. The van der Waals surface area contributed by atoms with Gasteiger partial charge in [-0.25, -0.2) is 4.98 Å². The van der Waals surface area contributed by atoms with Crippen LogP contribution in [0, 0.1) is 13.8 Å². The van der Waals surface area contributed by atoms with Crippen LogP contribution in [0.4, 0.5) is 19.0 Å². The highest BCUT2D eigenvalue weighted by Gasteiger charge is 2.38. The highest BCUT2D eigenvalue weighted by Crippen LogP contribution is 2.29. The monoisotopic (exact) mass is 431 g/mol. The van der Waals surface area contributed by atoms with Gasteiger partial charge in [0.1, 0.15) is 5.82 Å². The average molecular weight is 431 g/mol. The van der Waals surface area contributed by atoms with Crippen LogP contribution in [0.5, 0.6) is 0 Å². The number of carbonyl (C=O) groups excluding carboxylic acids is 1. The predicted molar refractivity (Wildman–Crippen MR) is 107 cm³/mol. The number of hydrogen-bond donors (Lipinski definition) is 0. The number of halogens is 3. The van der Waals surface area contributed by atoms with Crippen LogP contribution in [0.25, 0.3) is 11.4 Å². The molecule has 2 aromatic heterocycles. The van der Waals surface area contributed by atoms with Crippen molar-refractivity contribution in [2.45, 2.75) is 20.0 Å². The molecule has 3 heterocycles. The summed E-state index contributed by atoms with van der Waals surface area (Å²) in [7, 11) is 0. The Hall–Kier alpha value is -3.43. The third-order valence-electron chi connectivity index (χ3n) is 5.32. The van der Waals surface area contributed by atoms with Crippen molar-refractivity contribution in [3.05, 3.63) is 59.1 Å². The Morgan fingerprint density at radius 3 is 2.35 bits per heavy atom. The minimum atomic E-state index is -4.69. The summed E-state index contributed by atoms with van der Waals surface area (Å²) < 4.78 is 42.1. The molecule has 0 spiro atoms. The molecule has 3 aromatic rings. The number of alkyl halides is 3. The summed E-state index contributed by atoms with van der Waals surface area (Å²) in [4.78, 5) is 24.3. The molecule has 1 aliphatic rings. The lowest BCUT2D eigenvalue weighted by Gasteiger charge is -2.35. The maximum Gasteiger partial charge on any atom is 0.471 e. The molecular formula is C21H20F3N5O2. The van der Waals surface area contributed by atoms with Gasteiger partial charge in [0.25, 0.3) is 5.91 Å². The van der Waals surface area contributed by atoms with Crippen LogP contribution < -0.4 is 4.90 Å². The van der Waals surface area contributed by atoms with Crippen molar-refractivity contribution in [3.8, 4) is 11.4 Å². The fourth-order valence-electron chi connectivity index (χ4n) is 3.36. The summed E-state index contributed by atoms with van der Waals surface area (Å²) in [6, 6.07) is 9.00. The molecule has 1 amide bonds. The molecule has 31 heavy (non-hydrogen) atoms. The number of hydrogen-bond acceptors (Lipinski definition) is 6. The van der Waals surface area contributed by atoms with Crippen LogP contribution in [0.3, 0.4) is 0 Å². The van der Waals surface area contributed by atoms with E-state index >= 15 is 0 Å². The summed E-state index contributed by atoms with van der Waals surface area (Å²) in [5.74, 6) is -0.892. The van der Waals surface area contributed by atoms with Gasteiger partial charge in [0.05, 0.1) is 0 Å². The maximum absolute atomic E-state index is 12.8. The van der Waals surface area contributed by atoms with Crippen LogP contribution >= 0.6 is 0 Å². The smallest absolute Gasteiger partial charge is 0.353 e. The van der Waals surface area contributed by atoms with Crippen LogP contribution in [-0.2, 0) is 6.18 Å². The van der Waals surface area contributed by atoms with E-state index in [1.165, 1.54) is 6.20 Å². The number of carbonyl (C=O) groups is 1. The second-order valence-corrected chi connectivity index (χ2v) is 7.40. The first kappa shape index (κ1) is 20.8. The van der Waals surface area contributed by atoms with E-state index in [0.29, 0.717) is 43.1 Å². The Balaban J connectivity index is 1.39. The van der Waals surface area contributed by atoms with Gasteiger partial charge in [-0.1, -0.05) is 11.2 Å². The second kappa shape index (κ2) is 8.01. The maximum atomic E-state index is 12.8. The highest BCUT2D eigenvalue weighted by atomic mass is 19.4. The van der Waals surface area contributed by atoms with Crippen molar-refractivity contribution < 1.29 is 22.5 Å². The molecule has 162 valence electrons. The van der Waals surface area contributed by atoms with Crippen LogP contribution in [0.2, 0.25) is 0 Å². The van der Waals surface area contributed by atoms with Gasteiger partial charge < -0.3 is 14.3 Å².